The zero-order chi connectivity index (χ0) is 15.1. The topological polar surface area (TPSA) is 48.4 Å². The Hall–Kier alpha value is -1.04. The van der Waals surface area contributed by atoms with Crippen molar-refractivity contribution in [2.75, 3.05) is 27.2 Å². The SMILES string of the molecule is CNC(c1ccc(F)cn1)C(C)CN(C)CCC(C)O. The zero-order valence-corrected chi connectivity index (χ0v) is 12.8. The van der Waals surface area contributed by atoms with Crippen molar-refractivity contribution in [3.05, 3.63) is 29.8 Å². The van der Waals surface area contributed by atoms with Crippen molar-refractivity contribution >= 4 is 0 Å². The molecule has 0 aliphatic carbocycles. The van der Waals surface area contributed by atoms with Gasteiger partial charge in [0, 0.05) is 13.1 Å². The summed E-state index contributed by atoms with van der Waals surface area (Å²) in [6, 6.07) is 3.25. The van der Waals surface area contributed by atoms with Crippen LogP contribution in [0.3, 0.4) is 0 Å². The summed E-state index contributed by atoms with van der Waals surface area (Å²) in [5, 5.41) is 12.6. The van der Waals surface area contributed by atoms with E-state index in [0.29, 0.717) is 5.92 Å². The number of aliphatic hydroxyl groups excluding tert-OH is 1. The predicted octanol–water partition coefficient (Wildman–Crippen LogP) is 1.82. The standard InChI is InChI=1S/C15H26FN3O/c1-11(10-19(4)8-7-12(2)20)15(17-3)14-6-5-13(16)9-18-14/h5-6,9,11-12,15,17,20H,7-8,10H2,1-4H3. The molecule has 1 heterocycles. The molecule has 0 bridgehead atoms. The molecule has 0 amide bonds. The molecule has 0 saturated carbocycles. The highest BCUT2D eigenvalue weighted by atomic mass is 19.1. The van der Waals surface area contributed by atoms with Gasteiger partial charge in [0.05, 0.1) is 24.0 Å². The second-order valence-electron chi connectivity index (χ2n) is 5.54. The molecular weight excluding hydrogens is 257 g/mol. The first-order valence-electron chi connectivity index (χ1n) is 7.09. The Kier molecular flexibility index (Phi) is 7.05. The van der Waals surface area contributed by atoms with E-state index in [1.807, 2.05) is 14.1 Å². The van der Waals surface area contributed by atoms with E-state index in [0.717, 1.165) is 25.2 Å². The van der Waals surface area contributed by atoms with Crippen molar-refractivity contribution in [2.45, 2.75) is 32.4 Å². The molecule has 0 aliphatic heterocycles. The van der Waals surface area contributed by atoms with Gasteiger partial charge < -0.3 is 15.3 Å². The summed E-state index contributed by atoms with van der Waals surface area (Å²) in [7, 11) is 3.94. The van der Waals surface area contributed by atoms with Crippen LogP contribution < -0.4 is 5.32 Å². The minimum atomic E-state index is -0.315. The average molecular weight is 283 g/mol. The fourth-order valence-corrected chi connectivity index (χ4v) is 2.39. The van der Waals surface area contributed by atoms with Gasteiger partial charge in [0.25, 0.3) is 0 Å². The summed E-state index contributed by atoms with van der Waals surface area (Å²) >= 11 is 0. The molecule has 0 spiro atoms. The molecule has 4 nitrogen and oxygen atoms in total. The van der Waals surface area contributed by atoms with Gasteiger partial charge in [-0.25, -0.2) is 4.39 Å². The fraction of sp³-hybridized carbons (Fsp3) is 0.667. The van der Waals surface area contributed by atoms with Gasteiger partial charge in [-0.15, -0.1) is 0 Å². The molecule has 2 N–H and O–H groups in total. The monoisotopic (exact) mass is 283 g/mol. The summed E-state index contributed by atoms with van der Waals surface area (Å²) in [6.07, 6.45) is 1.75. The maximum Gasteiger partial charge on any atom is 0.141 e. The smallest absolute Gasteiger partial charge is 0.141 e. The summed E-state index contributed by atoms with van der Waals surface area (Å²) in [5.41, 5.74) is 0.852. The molecule has 114 valence electrons. The highest BCUT2D eigenvalue weighted by Crippen LogP contribution is 2.20. The number of halogens is 1. The number of hydrogen-bond acceptors (Lipinski definition) is 4. The van der Waals surface area contributed by atoms with Gasteiger partial charge in [-0.1, -0.05) is 6.92 Å². The molecule has 1 aromatic rings. The van der Waals surface area contributed by atoms with Crippen LogP contribution >= 0.6 is 0 Å². The van der Waals surface area contributed by atoms with Crippen molar-refractivity contribution in [2.24, 2.45) is 5.92 Å². The van der Waals surface area contributed by atoms with Gasteiger partial charge in [0.15, 0.2) is 0 Å². The van der Waals surface area contributed by atoms with Crippen LogP contribution in [0.25, 0.3) is 0 Å². The Morgan fingerprint density at radius 2 is 2.10 bits per heavy atom. The number of nitrogens with zero attached hydrogens (tertiary/aromatic N) is 2. The minimum absolute atomic E-state index is 0.0876. The molecule has 0 radical (unpaired) electrons. The van der Waals surface area contributed by atoms with E-state index in [2.05, 4.69) is 22.1 Å². The lowest BCUT2D eigenvalue weighted by molar-refractivity contribution is 0.156. The summed E-state index contributed by atoms with van der Waals surface area (Å²) in [6.45, 7) is 5.69. The van der Waals surface area contributed by atoms with Crippen molar-refractivity contribution in [3.63, 3.8) is 0 Å². The number of aliphatic hydroxyl groups is 1. The Morgan fingerprint density at radius 3 is 2.60 bits per heavy atom. The molecule has 20 heavy (non-hydrogen) atoms. The predicted molar refractivity (Wildman–Crippen MR) is 79.0 cm³/mol. The highest BCUT2D eigenvalue weighted by Gasteiger charge is 2.20. The summed E-state index contributed by atoms with van der Waals surface area (Å²) in [4.78, 5) is 6.36. The fourth-order valence-electron chi connectivity index (χ4n) is 2.39. The summed E-state index contributed by atoms with van der Waals surface area (Å²) in [5.74, 6) is 0.0160. The largest absolute Gasteiger partial charge is 0.393 e. The van der Waals surface area contributed by atoms with E-state index >= 15 is 0 Å². The molecule has 1 rings (SSSR count). The van der Waals surface area contributed by atoms with Crippen LogP contribution in [0, 0.1) is 11.7 Å². The lowest BCUT2D eigenvalue weighted by Gasteiger charge is -2.28. The Labute approximate surface area is 121 Å². The average Bonchev–Trinajstić information content (AvgIpc) is 2.39. The van der Waals surface area contributed by atoms with Crippen LogP contribution in [-0.4, -0.2) is 48.3 Å². The van der Waals surface area contributed by atoms with Gasteiger partial charge in [-0.05, 0) is 45.5 Å². The first-order valence-corrected chi connectivity index (χ1v) is 7.09. The van der Waals surface area contributed by atoms with E-state index in [1.165, 1.54) is 12.3 Å². The van der Waals surface area contributed by atoms with E-state index in [1.54, 1.807) is 13.0 Å². The maximum atomic E-state index is 12.9. The van der Waals surface area contributed by atoms with Crippen LogP contribution in [0.1, 0.15) is 32.0 Å². The lowest BCUT2D eigenvalue weighted by Crippen LogP contribution is -2.34. The molecule has 0 fully saturated rings. The van der Waals surface area contributed by atoms with Crippen LogP contribution in [0.2, 0.25) is 0 Å². The molecule has 1 aromatic heterocycles. The third-order valence-corrected chi connectivity index (χ3v) is 3.48. The molecule has 3 atom stereocenters. The Balaban J connectivity index is 2.58. The van der Waals surface area contributed by atoms with Crippen LogP contribution in [0.15, 0.2) is 18.3 Å². The number of pyridine rings is 1. The van der Waals surface area contributed by atoms with E-state index in [-0.39, 0.29) is 18.0 Å². The quantitative estimate of drug-likeness (QED) is 0.764. The van der Waals surface area contributed by atoms with Crippen molar-refractivity contribution in [1.82, 2.24) is 15.2 Å². The van der Waals surface area contributed by atoms with E-state index in [9.17, 15) is 9.50 Å². The molecular formula is C15H26FN3O. The first-order chi connectivity index (χ1) is 9.43. The first kappa shape index (κ1) is 17.0. The van der Waals surface area contributed by atoms with Crippen molar-refractivity contribution in [3.8, 4) is 0 Å². The van der Waals surface area contributed by atoms with Gasteiger partial charge in [-0.3, -0.25) is 4.98 Å². The minimum Gasteiger partial charge on any atom is -0.393 e. The molecule has 3 unspecified atom stereocenters. The Morgan fingerprint density at radius 1 is 1.40 bits per heavy atom. The molecule has 0 saturated heterocycles. The third kappa shape index (κ3) is 5.53. The number of aromatic nitrogens is 1. The normalized spacial score (nSPS) is 16.1. The molecule has 5 heteroatoms. The lowest BCUT2D eigenvalue weighted by atomic mass is 9.97. The number of rotatable bonds is 8. The van der Waals surface area contributed by atoms with Crippen LogP contribution in [0.5, 0.6) is 0 Å². The summed E-state index contributed by atoms with van der Waals surface area (Å²) < 4.78 is 12.9. The van der Waals surface area contributed by atoms with Crippen molar-refractivity contribution in [1.29, 1.82) is 0 Å². The molecule has 0 aliphatic rings. The second kappa shape index (κ2) is 8.29. The number of hydrogen-bond donors (Lipinski definition) is 2. The van der Waals surface area contributed by atoms with E-state index in [4.69, 9.17) is 0 Å². The van der Waals surface area contributed by atoms with Crippen LogP contribution in [-0.2, 0) is 0 Å². The van der Waals surface area contributed by atoms with Gasteiger partial charge in [0.2, 0.25) is 0 Å². The maximum absolute atomic E-state index is 12.9. The van der Waals surface area contributed by atoms with Gasteiger partial charge >= 0.3 is 0 Å². The second-order valence-corrected chi connectivity index (χ2v) is 5.54. The highest BCUT2D eigenvalue weighted by molar-refractivity contribution is 5.10. The number of nitrogens with one attached hydrogen (secondary N) is 1. The molecule has 0 aromatic carbocycles. The zero-order valence-electron chi connectivity index (χ0n) is 12.8. The van der Waals surface area contributed by atoms with Crippen LogP contribution in [0.4, 0.5) is 4.39 Å². The van der Waals surface area contributed by atoms with Crippen molar-refractivity contribution < 1.29 is 9.50 Å². The van der Waals surface area contributed by atoms with Gasteiger partial charge in [-0.2, -0.15) is 0 Å². The third-order valence-electron chi connectivity index (χ3n) is 3.48. The Bertz CT molecular complexity index is 383. The van der Waals surface area contributed by atoms with Gasteiger partial charge in [0.1, 0.15) is 5.82 Å². The van der Waals surface area contributed by atoms with E-state index < -0.39 is 0 Å².